The number of amides is 1. The van der Waals surface area contributed by atoms with Gasteiger partial charge in [-0.3, -0.25) is 4.79 Å². The number of nitrogens with one attached hydrogen (secondary N) is 1. The van der Waals surface area contributed by atoms with E-state index in [1.54, 1.807) is 0 Å². The number of carboxylic acids is 1. The molecule has 0 fully saturated rings. The van der Waals surface area contributed by atoms with Gasteiger partial charge in [-0.05, 0) is 36.0 Å². The van der Waals surface area contributed by atoms with Gasteiger partial charge in [-0.2, -0.15) is 0 Å². The van der Waals surface area contributed by atoms with Gasteiger partial charge in [0.25, 0.3) is 0 Å². The van der Waals surface area contributed by atoms with Gasteiger partial charge in [0.1, 0.15) is 0 Å². The number of benzene rings is 1. The molecule has 1 aromatic rings. The molecule has 1 atom stereocenters. The lowest BCUT2D eigenvalue weighted by atomic mass is 9.84. The minimum Gasteiger partial charge on any atom is -0.478 e. The smallest absolute Gasteiger partial charge is 0.335 e. The van der Waals surface area contributed by atoms with Crippen molar-refractivity contribution in [1.29, 1.82) is 0 Å². The van der Waals surface area contributed by atoms with E-state index in [9.17, 15) is 9.59 Å². The predicted octanol–water partition coefficient (Wildman–Crippen LogP) is 4.44. The maximum absolute atomic E-state index is 12.0. The number of rotatable bonds is 5. The van der Waals surface area contributed by atoms with Crippen LogP contribution in [0.1, 0.15) is 50.9 Å². The summed E-state index contributed by atoms with van der Waals surface area (Å²) in [4.78, 5) is 23.0. The zero-order valence-electron chi connectivity index (χ0n) is 12.9. The highest BCUT2D eigenvalue weighted by molar-refractivity contribution is 6.33. The molecule has 21 heavy (non-hydrogen) atoms. The normalized spacial score (nSPS) is 12.8. The van der Waals surface area contributed by atoms with E-state index >= 15 is 0 Å². The van der Waals surface area contributed by atoms with E-state index in [0.29, 0.717) is 17.1 Å². The van der Waals surface area contributed by atoms with Crippen LogP contribution in [0.4, 0.5) is 5.69 Å². The Bertz CT molecular complexity index is 535. The molecule has 0 bridgehead atoms. The van der Waals surface area contributed by atoms with Crippen molar-refractivity contribution in [2.75, 3.05) is 5.32 Å². The molecule has 0 aliphatic heterocycles. The fourth-order valence-corrected chi connectivity index (χ4v) is 2.55. The third kappa shape index (κ3) is 6.17. The maximum atomic E-state index is 12.0. The van der Waals surface area contributed by atoms with Gasteiger partial charge >= 0.3 is 5.97 Å². The minimum atomic E-state index is -1.05. The lowest BCUT2D eigenvalue weighted by Crippen LogP contribution is -2.19. The summed E-state index contributed by atoms with van der Waals surface area (Å²) in [5.41, 5.74) is 0.600. The van der Waals surface area contributed by atoms with Crippen molar-refractivity contribution in [3.63, 3.8) is 0 Å². The molecule has 0 saturated heterocycles. The second-order valence-electron chi connectivity index (χ2n) is 6.62. The van der Waals surface area contributed by atoms with Crippen molar-refractivity contribution < 1.29 is 14.7 Å². The van der Waals surface area contributed by atoms with Crippen molar-refractivity contribution >= 4 is 29.2 Å². The molecule has 0 saturated carbocycles. The van der Waals surface area contributed by atoms with E-state index in [-0.39, 0.29) is 22.8 Å². The summed E-state index contributed by atoms with van der Waals surface area (Å²) in [7, 11) is 0. The van der Waals surface area contributed by atoms with Crippen molar-refractivity contribution in [2.24, 2.45) is 11.3 Å². The molecule has 5 heteroatoms. The van der Waals surface area contributed by atoms with E-state index < -0.39 is 5.97 Å². The van der Waals surface area contributed by atoms with Crippen LogP contribution in [0, 0.1) is 11.3 Å². The second-order valence-corrected chi connectivity index (χ2v) is 7.03. The minimum absolute atomic E-state index is 0.0949. The fraction of sp³-hybridized carbons (Fsp3) is 0.500. The molecule has 1 aromatic carbocycles. The summed E-state index contributed by atoms with van der Waals surface area (Å²) >= 11 is 5.98. The van der Waals surface area contributed by atoms with E-state index in [4.69, 9.17) is 16.7 Å². The molecule has 1 unspecified atom stereocenters. The van der Waals surface area contributed by atoms with E-state index in [2.05, 4.69) is 26.1 Å². The van der Waals surface area contributed by atoms with Gasteiger partial charge in [0.15, 0.2) is 0 Å². The van der Waals surface area contributed by atoms with Crippen LogP contribution in [-0.4, -0.2) is 17.0 Å². The third-order valence-electron chi connectivity index (χ3n) is 2.98. The topological polar surface area (TPSA) is 66.4 Å². The first-order valence-corrected chi connectivity index (χ1v) is 7.29. The van der Waals surface area contributed by atoms with E-state index in [1.165, 1.54) is 18.2 Å². The van der Waals surface area contributed by atoms with Crippen LogP contribution < -0.4 is 5.32 Å². The van der Waals surface area contributed by atoms with Crippen molar-refractivity contribution in [2.45, 2.75) is 40.5 Å². The first-order chi connectivity index (χ1) is 9.58. The summed E-state index contributed by atoms with van der Waals surface area (Å²) in [6.07, 6.45) is 1.31. The predicted molar refractivity (Wildman–Crippen MR) is 84.9 cm³/mol. The highest BCUT2D eigenvalue weighted by Crippen LogP contribution is 2.27. The average Bonchev–Trinajstić information content (AvgIpc) is 2.28. The first kappa shape index (κ1) is 17.5. The summed E-state index contributed by atoms with van der Waals surface area (Å²) in [5, 5.41) is 12.0. The summed E-state index contributed by atoms with van der Waals surface area (Å²) < 4.78 is 0. The highest BCUT2D eigenvalue weighted by atomic mass is 35.5. The maximum Gasteiger partial charge on any atom is 0.335 e. The molecule has 0 spiro atoms. The van der Waals surface area contributed by atoms with Gasteiger partial charge in [-0.15, -0.1) is 0 Å². The zero-order valence-corrected chi connectivity index (χ0v) is 13.6. The second kappa shape index (κ2) is 6.94. The highest BCUT2D eigenvalue weighted by Gasteiger charge is 2.18. The molecular weight excluding hydrogens is 290 g/mol. The Morgan fingerprint density at radius 2 is 1.95 bits per heavy atom. The fourth-order valence-electron chi connectivity index (χ4n) is 2.39. The number of carboxylic acid groups (broad SMARTS) is 1. The number of aromatic carboxylic acids is 1. The van der Waals surface area contributed by atoms with Crippen LogP contribution >= 0.6 is 11.6 Å². The number of anilines is 1. The third-order valence-corrected chi connectivity index (χ3v) is 3.31. The molecule has 0 radical (unpaired) electrons. The van der Waals surface area contributed by atoms with Crippen molar-refractivity contribution in [3.05, 3.63) is 28.8 Å². The summed E-state index contributed by atoms with van der Waals surface area (Å²) in [6.45, 7) is 8.43. The average molecular weight is 312 g/mol. The number of halogens is 1. The van der Waals surface area contributed by atoms with Crippen molar-refractivity contribution in [3.8, 4) is 0 Å². The molecule has 1 amide bonds. The molecule has 2 N–H and O–H groups in total. The van der Waals surface area contributed by atoms with Crippen LogP contribution in [0.2, 0.25) is 5.02 Å². The molecular formula is C16H22ClNO3. The Morgan fingerprint density at radius 3 is 2.48 bits per heavy atom. The SMILES string of the molecule is CC(CC(=O)Nc1cc(C(=O)O)ccc1Cl)CC(C)(C)C. The zero-order chi connectivity index (χ0) is 16.2. The molecule has 116 valence electrons. The Balaban J connectivity index is 2.71. The van der Waals surface area contributed by atoms with Gasteiger partial charge in [0, 0.05) is 6.42 Å². The Hall–Kier alpha value is -1.55. The Kier molecular flexibility index (Phi) is 5.78. The van der Waals surface area contributed by atoms with E-state index in [1.807, 2.05) is 6.92 Å². The van der Waals surface area contributed by atoms with Crippen LogP contribution in [0.5, 0.6) is 0 Å². The van der Waals surface area contributed by atoms with Gasteiger partial charge in [-0.1, -0.05) is 39.3 Å². The van der Waals surface area contributed by atoms with Crippen LogP contribution in [-0.2, 0) is 4.79 Å². The molecule has 1 rings (SSSR count). The number of carbonyl (C=O) groups excluding carboxylic acids is 1. The summed E-state index contributed by atoms with van der Waals surface area (Å²) in [5.74, 6) is -0.967. The van der Waals surface area contributed by atoms with Crippen LogP contribution in [0.25, 0.3) is 0 Å². The number of hydrogen-bond donors (Lipinski definition) is 2. The number of carbonyl (C=O) groups is 2. The van der Waals surface area contributed by atoms with Crippen LogP contribution in [0.3, 0.4) is 0 Å². The van der Waals surface area contributed by atoms with Gasteiger partial charge in [0.05, 0.1) is 16.3 Å². The molecule has 4 nitrogen and oxygen atoms in total. The lowest BCUT2D eigenvalue weighted by molar-refractivity contribution is -0.117. The van der Waals surface area contributed by atoms with E-state index in [0.717, 1.165) is 6.42 Å². The van der Waals surface area contributed by atoms with Gasteiger partial charge in [0.2, 0.25) is 5.91 Å². The largest absolute Gasteiger partial charge is 0.478 e. The lowest BCUT2D eigenvalue weighted by Gasteiger charge is -2.22. The quantitative estimate of drug-likeness (QED) is 0.844. The monoisotopic (exact) mass is 311 g/mol. The van der Waals surface area contributed by atoms with Gasteiger partial charge < -0.3 is 10.4 Å². The van der Waals surface area contributed by atoms with Crippen molar-refractivity contribution in [1.82, 2.24) is 0 Å². The molecule has 0 aliphatic rings. The standard InChI is InChI=1S/C16H22ClNO3/c1-10(9-16(2,3)4)7-14(19)18-13-8-11(15(20)21)5-6-12(13)17/h5-6,8,10H,7,9H2,1-4H3,(H,18,19)(H,20,21). The Morgan fingerprint density at radius 1 is 1.33 bits per heavy atom. The molecule has 0 aliphatic carbocycles. The molecule has 0 heterocycles. The first-order valence-electron chi connectivity index (χ1n) is 6.91. The van der Waals surface area contributed by atoms with Crippen LogP contribution in [0.15, 0.2) is 18.2 Å². The molecule has 0 aromatic heterocycles. The Labute approximate surface area is 130 Å². The van der Waals surface area contributed by atoms with Gasteiger partial charge in [-0.25, -0.2) is 4.79 Å². The number of hydrogen-bond acceptors (Lipinski definition) is 2. The summed E-state index contributed by atoms with van der Waals surface area (Å²) in [6, 6.07) is 4.25.